The van der Waals surface area contributed by atoms with Crippen molar-refractivity contribution >= 4 is 35.8 Å². The Morgan fingerprint density at radius 1 is 0.427 bits per heavy atom. The molecule has 4 aromatic rings. The van der Waals surface area contributed by atoms with Crippen molar-refractivity contribution in [2.24, 2.45) is 11.8 Å². The number of para-hydroxylation sites is 4. The fraction of sp³-hybridized carbons (Fsp3) is 0.429. The number of carboxylic acids is 1. The molecule has 0 heterocycles. The molecule has 0 bridgehead atoms. The lowest BCUT2D eigenvalue weighted by atomic mass is 9.83. The van der Waals surface area contributed by atoms with Crippen LogP contribution < -0.4 is 18.9 Å². The number of aliphatic hydroxyl groups excluding tert-OH is 3. The van der Waals surface area contributed by atoms with Gasteiger partial charge in [-0.15, -0.1) is 0 Å². The summed E-state index contributed by atoms with van der Waals surface area (Å²) in [5.74, 6) is -2.90. The molecule has 19 nitrogen and oxygen atoms in total. The van der Waals surface area contributed by atoms with Crippen molar-refractivity contribution in [3.63, 3.8) is 0 Å². The highest BCUT2D eigenvalue weighted by Gasteiger charge is 2.36. The van der Waals surface area contributed by atoms with Gasteiger partial charge in [-0.25, -0.2) is 19.2 Å². The van der Waals surface area contributed by atoms with Crippen LogP contribution in [0.2, 0.25) is 0 Å². The topological polar surface area (TPSA) is 266 Å². The third-order valence-corrected chi connectivity index (χ3v) is 10.8. The molecule has 0 amide bonds. The van der Waals surface area contributed by atoms with Crippen molar-refractivity contribution in [3.8, 4) is 23.0 Å². The van der Waals surface area contributed by atoms with Crippen molar-refractivity contribution in [1.82, 2.24) is 0 Å². The summed E-state index contributed by atoms with van der Waals surface area (Å²) in [6.07, 6.45) is 8.55. The van der Waals surface area contributed by atoms with Crippen LogP contribution in [0.5, 0.6) is 23.0 Å². The first-order valence-corrected chi connectivity index (χ1v) is 29.1. The van der Waals surface area contributed by atoms with E-state index in [-0.39, 0.29) is 73.1 Å². The molecule has 0 saturated carbocycles. The predicted molar refractivity (Wildman–Crippen MR) is 347 cm³/mol. The van der Waals surface area contributed by atoms with Gasteiger partial charge < -0.3 is 63.1 Å². The number of benzene rings is 4. The van der Waals surface area contributed by atoms with Crippen molar-refractivity contribution < 1.29 is 91.8 Å². The summed E-state index contributed by atoms with van der Waals surface area (Å²) in [5, 5.41) is 37.9. The molecule has 6 atom stereocenters. The van der Waals surface area contributed by atoms with Crippen LogP contribution in [0.3, 0.4) is 0 Å². The fourth-order valence-corrected chi connectivity index (χ4v) is 6.42. The Balaban J connectivity index is -0.00000108. The number of rotatable bonds is 27. The molecular weight excluding hydrogens is 1140 g/mol. The van der Waals surface area contributed by atoms with Crippen LogP contribution in [-0.2, 0) is 52.5 Å². The number of allylic oxidation sites excluding steroid dienone is 2. The number of carbonyl (C=O) groups is 6. The van der Waals surface area contributed by atoms with Crippen LogP contribution in [0, 0.1) is 39.5 Å². The number of carbonyl (C=O) groups excluding carboxylic acids is 5. The highest BCUT2D eigenvalue weighted by Crippen LogP contribution is 2.28. The van der Waals surface area contributed by atoms with Gasteiger partial charge in [0.25, 0.3) is 0 Å². The standard InChI is InChI=1S/C21H24O7.3C13H16O4.3C3H8.CH4/c1-3-19(22)27-13-15(12-26-18-11-7-4-8-14(18)2)28-21(25)17-10-6-5-9-16(17)20(23)24;3*1-3-13(15)17-9-11(14)8-16-12-7-5-4-6-10(12)2;3*1-3-2;/h3-8,11,15-17H,1,9-10,12-13H2,2H3,(H,23,24);3*3-7,11,14H,1,8-9H2,2H3;3*3H2,1-2H3;1H4. The molecule has 494 valence electrons. The first-order chi connectivity index (χ1) is 42.1. The van der Waals surface area contributed by atoms with Crippen LogP contribution in [0.25, 0.3) is 0 Å². The van der Waals surface area contributed by atoms with Crippen molar-refractivity contribution in [2.45, 2.75) is 133 Å². The summed E-state index contributed by atoms with van der Waals surface area (Å²) in [6.45, 7) is 33.1. The van der Waals surface area contributed by atoms with Crippen molar-refractivity contribution in [1.29, 1.82) is 0 Å². The summed E-state index contributed by atoms with van der Waals surface area (Å²) in [6, 6.07) is 29.8. The van der Waals surface area contributed by atoms with Gasteiger partial charge in [0.2, 0.25) is 0 Å². The molecule has 6 unspecified atom stereocenters. The van der Waals surface area contributed by atoms with Crippen LogP contribution in [0.4, 0.5) is 0 Å². The van der Waals surface area contributed by atoms with E-state index < -0.39 is 72.1 Å². The quantitative estimate of drug-likeness (QED) is 0.0187. The molecular formula is C70H100O19. The number of aryl methyl sites for hydroxylation is 4. The Morgan fingerprint density at radius 2 is 0.674 bits per heavy atom. The fourth-order valence-electron chi connectivity index (χ4n) is 6.42. The van der Waals surface area contributed by atoms with Gasteiger partial charge in [0.05, 0.1) is 11.8 Å². The van der Waals surface area contributed by atoms with Gasteiger partial charge in [-0.05, 0) is 87.1 Å². The Morgan fingerprint density at radius 3 is 0.933 bits per heavy atom. The van der Waals surface area contributed by atoms with E-state index in [9.17, 15) is 49.2 Å². The number of hydrogen-bond donors (Lipinski definition) is 4. The molecule has 0 saturated heterocycles. The lowest BCUT2D eigenvalue weighted by molar-refractivity contribution is -0.167. The van der Waals surface area contributed by atoms with Gasteiger partial charge >= 0.3 is 35.8 Å². The van der Waals surface area contributed by atoms with Crippen LogP contribution >= 0.6 is 0 Å². The third-order valence-electron chi connectivity index (χ3n) is 10.8. The lowest BCUT2D eigenvalue weighted by Crippen LogP contribution is -2.37. The van der Waals surface area contributed by atoms with Gasteiger partial charge in [-0.2, -0.15) is 0 Å². The average molecular weight is 1250 g/mol. The molecule has 0 spiro atoms. The summed E-state index contributed by atoms with van der Waals surface area (Å²) in [7, 11) is 0. The number of esters is 5. The summed E-state index contributed by atoms with van der Waals surface area (Å²) < 4.78 is 46.4. The Kier molecular flexibility index (Phi) is 51.1. The Labute approximate surface area is 528 Å². The second-order valence-corrected chi connectivity index (χ2v) is 19.3. The number of ether oxygens (including phenoxy) is 9. The normalized spacial score (nSPS) is 13.4. The van der Waals surface area contributed by atoms with E-state index in [0.29, 0.717) is 23.0 Å². The predicted octanol–water partition coefficient (Wildman–Crippen LogP) is 12.0. The highest BCUT2D eigenvalue weighted by molar-refractivity contribution is 5.83. The molecule has 4 N–H and O–H groups in total. The molecule has 4 aromatic carbocycles. The van der Waals surface area contributed by atoms with Crippen LogP contribution in [0.15, 0.2) is 160 Å². The van der Waals surface area contributed by atoms with Crippen molar-refractivity contribution in [3.05, 3.63) is 182 Å². The van der Waals surface area contributed by atoms with Crippen molar-refractivity contribution in [2.75, 3.05) is 52.9 Å². The molecule has 1 aliphatic carbocycles. The van der Waals surface area contributed by atoms with E-state index in [1.165, 1.54) is 19.3 Å². The maximum absolute atomic E-state index is 12.6. The zero-order chi connectivity index (χ0) is 66.7. The minimum Gasteiger partial charge on any atom is -0.490 e. The van der Waals surface area contributed by atoms with Gasteiger partial charge in [-0.3, -0.25) is 9.59 Å². The zero-order valence-corrected chi connectivity index (χ0v) is 53.1. The average Bonchev–Trinajstić information content (AvgIpc) is 2.19. The summed E-state index contributed by atoms with van der Waals surface area (Å²) in [5.41, 5.74) is 3.87. The van der Waals surface area contributed by atoms with E-state index in [0.717, 1.165) is 46.6 Å². The number of carboxylic acid groups (broad SMARTS) is 1. The summed E-state index contributed by atoms with van der Waals surface area (Å²) in [4.78, 5) is 67.6. The first-order valence-electron chi connectivity index (χ1n) is 29.1. The molecule has 0 fully saturated rings. The SMILES string of the molecule is C.C=CC(=O)OCC(COc1ccccc1C)OC(=O)C1CC=CCC1C(=O)O.C=CC(=O)OCC(O)COc1ccccc1C.C=CC(=O)OCC(O)COc1ccccc1C.C=CC(=O)OCC(O)COc1ccccc1C.CCC.CCC.CCC. The third kappa shape index (κ3) is 42.1. The molecule has 0 aliphatic heterocycles. The second kappa shape index (κ2) is 53.7. The number of aliphatic carboxylic acids is 1. The number of aliphatic hydroxyl groups is 3. The van der Waals surface area contributed by atoms with E-state index in [4.69, 9.17) is 28.4 Å². The van der Waals surface area contributed by atoms with E-state index >= 15 is 0 Å². The van der Waals surface area contributed by atoms with E-state index in [1.807, 2.05) is 119 Å². The molecule has 5 rings (SSSR count). The monoisotopic (exact) mass is 1240 g/mol. The first kappa shape index (κ1) is 84.7. The molecule has 89 heavy (non-hydrogen) atoms. The molecule has 0 radical (unpaired) electrons. The maximum Gasteiger partial charge on any atom is 0.330 e. The van der Waals surface area contributed by atoms with Crippen LogP contribution in [0.1, 0.15) is 103 Å². The van der Waals surface area contributed by atoms with Gasteiger partial charge in [0.1, 0.15) is 94.2 Å². The minimum absolute atomic E-state index is 0. The minimum atomic E-state index is -1.04. The Hall–Kier alpha value is -8.52. The summed E-state index contributed by atoms with van der Waals surface area (Å²) >= 11 is 0. The largest absolute Gasteiger partial charge is 0.490 e. The van der Waals surface area contributed by atoms with Crippen LogP contribution in [-0.4, -0.2) is 134 Å². The van der Waals surface area contributed by atoms with E-state index in [2.05, 4.69) is 82.1 Å². The van der Waals surface area contributed by atoms with Gasteiger partial charge in [0, 0.05) is 24.3 Å². The smallest absolute Gasteiger partial charge is 0.330 e. The molecule has 0 aromatic heterocycles. The second-order valence-electron chi connectivity index (χ2n) is 19.3. The maximum atomic E-state index is 12.6. The van der Waals surface area contributed by atoms with E-state index in [1.54, 1.807) is 18.2 Å². The highest BCUT2D eigenvalue weighted by atomic mass is 16.6. The van der Waals surface area contributed by atoms with Gasteiger partial charge in [0.15, 0.2) is 6.10 Å². The number of hydrogen-bond acceptors (Lipinski definition) is 18. The Bertz CT molecular complexity index is 2480. The zero-order valence-electron chi connectivity index (χ0n) is 53.1. The molecule has 19 heteroatoms. The van der Waals surface area contributed by atoms with Gasteiger partial charge in [-0.1, -0.05) is 179 Å². The molecule has 1 aliphatic rings. The lowest BCUT2D eigenvalue weighted by Gasteiger charge is -2.26.